The van der Waals surface area contributed by atoms with Crippen LogP contribution < -0.4 is 0 Å². The Hall–Kier alpha value is -1.10. The lowest BCUT2D eigenvalue weighted by Gasteiger charge is -2.38. The van der Waals surface area contributed by atoms with Crippen LogP contribution in [0, 0.1) is 0 Å². The molecule has 5 nitrogen and oxygen atoms in total. The molecule has 130 valence electrons. The fourth-order valence-corrected chi connectivity index (χ4v) is 4.30. The molecule has 2 aliphatic heterocycles. The van der Waals surface area contributed by atoms with Crippen LogP contribution in [0.5, 0.6) is 0 Å². The molecule has 0 radical (unpaired) electrons. The number of hydrogen-bond acceptors (Lipinski definition) is 3. The Morgan fingerprint density at radius 1 is 0.957 bits per heavy atom. The van der Waals surface area contributed by atoms with Gasteiger partial charge in [0.1, 0.15) is 0 Å². The van der Waals surface area contributed by atoms with Crippen molar-refractivity contribution in [1.29, 1.82) is 0 Å². The van der Waals surface area contributed by atoms with Crippen molar-refractivity contribution in [3.8, 4) is 0 Å². The Morgan fingerprint density at radius 3 is 2.39 bits per heavy atom. The average Bonchev–Trinajstić information content (AvgIpc) is 3.10. The summed E-state index contributed by atoms with van der Waals surface area (Å²) in [5.74, 6) is 0.328. The molecule has 0 atom stereocenters. The second-order valence-corrected chi connectivity index (χ2v) is 7.35. The lowest BCUT2D eigenvalue weighted by molar-refractivity contribution is -0.147. The zero-order chi connectivity index (χ0) is 16.1. The molecular formula is C18H31N3O2. The lowest BCUT2D eigenvalue weighted by Crippen LogP contribution is -2.54. The summed E-state index contributed by atoms with van der Waals surface area (Å²) in [7, 11) is 0. The molecule has 3 rings (SSSR count). The molecule has 0 aromatic rings. The molecule has 1 saturated carbocycles. The Labute approximate surface area is 140 Å². The van der Waals surface area contributed by atoms with Crippen molar-refractivity contribution in [2.45, 2.75) is 63.8 Å². The molecule has 5 heteroatoms. The summed E-state index contributed by atoms with van der Waals surface area (Å²) in [6.07, 6.45) is 10.2. The second kappa shape index (κ2) is 8.13. The molecule has 23 heavy (non-hydrogen) atoms. The summed E-state index contributed by atoms with van der Waals surface area (Å²) in [5, 5.41) is 0. The molecule has 2 amide bonds. The third-order valence-corrected chi connectivity index (χ3v) is 5.69. The summed E-state index contributed by atoms with van der Waals surface area (Å²) < 4.78 is 0. The van der Waals surface area contributed by atoms with E-state index in [0.29, 0.717) is 19.0 Å². The van der Waals surface area contributed by atoms with Crippen LogP contribution in [-0.4, -0.2) is 71.8 Å². The van der Waals surface area contributed by atoms with E-state index < -0.39 is 0 Å². The van der Waals surface area contributed by atoms with Gasteiger partial charge in [-0.25, -0.2) is 0 Å². The molecule has 0 N–H and O–H groups in total. The molecule has 0 unspecified atom stereocenters. The van der Waals surface area contributed by atoms with Gasteiger partial charge in [-0.3, -0.25) is 9.59 Å². The second-order valence-electron chi connectivity index (χ2n) is 7.35. The quantitative estimate of drug-likeness (QED) is 0.776. The number of amides is 2. The van der Waals surface area contributed by atoms with Gasteiger partial charge in [0.2, 0.25) is 11.8 Å². The third-order valence-electron chi connectivity index (χ3n) is 5.69. The topological polar surface area (TPSA) is 43.9 Å². The van der Waals surface area contributed by atoms with Crippen LogP contribution in [-0.2, 0) is 9.59 Å². The van der Waals surface area contributed by atoms with Crippen molar-refractivity contribution in [2.24, 2.45) is 0 Å². The number of piperidine rings is 1. The third kappa shape index (κ3) is 4.46. The fourth-order valence-electron chi connectivity index (χ4n) is 4.30. The van der Waals surface area contributed by atoms with E-state index in [0.717, 1.165) is 38.9 Å². The standard InChI is InChI=1S/C18H31N3O2/c22-17(9-6-12-19-10-4-1-5-11-19)20-13-14-21(18(23)15-20)16-7-2-3-8-16/h16H,1-15H2. The monoisotopic (exact) mass is 321 g/mol. The summed E-state index contributed by atoms with van der Waals surface area (Å²) >= 11 is 0. The maximum absolute atomic E-state index is 12.3. The summed E-state index contributed by atoms with van der Waals surface area (Å²) in [6.45, 7) is 5.17. The largest absolute Gasteiger partial charge is 0.336 e. The van der Waals surface area contributed by atoms with E-state index in [4.69, 9.17) is 0 Å². The van der Waals surface area contributed by atoms with E-state index in [-0.39, 0.29) is 11.8 Å². The number of likely N-dealkylation sites (tertiary alicyclic amines) is 1. The molecule has 3 aliphatic rings. The minimum absolute atomic E-state index is 0.160. The summed E-state index contributed by atoms with van der Waals surface area (Å²) in [6, 6.07) is 0.443. The summed E-state index contributed by atoms with van der Waals surface area (Å²) in [4.78, 5) is 31.0. The van der Waals surface area contributed by atoms with Gasteiger partial charge in [0, 0.05) is 25.6 Å². The van der Waals surface area contributed by atoms with Crippen LogP contribution in [0.25, 0.3) is 0 Å². The van der Waals surface area contributed by atoms with Crippen molar-refractivity contribution >= 4 is 11.8 Å². The SMILES string of the molecule is O=C(CCCN1CCCCC1)N1CCN(C2CCCC2)C(=O)C1. The van der Waals surface area contributed by atoms with Crippen molar-refractivity contribution in [2.75, 3.05) is 39.3 Å². The van der Waals surface area contributed by atoms with Crippen LogP contribution in [0.4, 0.5) is 0 Å². The number of carbonyl (C=O) groups excluding carboxylic acids is 2. The van der Waals surface area contributed by atoms with E-state index in [9.17, 15) is 9.59 Å². The minimum Gasteiger partial charge on any atom is -0.336 e. The highest BCUT2D eigenvalue weighted by Gasteiger charge is 2.32. The molecule has 0 spiro atoms. The molecule has 2 heterocycles. The first-order valence-electron chi connectivity index (χ1n) is 9.53. The van der Waals surface area contributed by atoms with E-state index in [2.05, 4.69) is 4.90 Å². The highest BCUT2D eigenvalue weighted by Crippen LogP contribution is 2.25. The van der Waals surface area contributed by atoms with Gasteiger partial charge in [0.25, 0.3) is 0 Å². The fraction of sp³-hybridized carbons (Fsp3) is 0.889. The van der Waals surface area contributed by atoms with Crippen molar-refractivity contribution in [1.82, 2.24) is 14.7 Å². The molecule has 1 aliphatic carbocycles. The normalized spacial score (nSPS) is 24.4. The van der Waals surface area contributed by atoms with E-state index in [1.54, 1.807) is 4.90 Å². The predicted molar refractivity (Wildman–Crippen MR) is 90.1 cm³/mol. The average molecular weight is 321 g/mol. The first-order valence-corrected chi connectivity index (χ1v) is 9.53. The van der Waals surface area contributed by atoms with Crippen LogP contribution in [0.15, 0.2) is 0 Å². The number of carbonyl (C=O) groups is 2. The molecule has 0 aromatic carbocycles. The molecule has 0 bridgehead atoms. The molecule has 3 fully saturated rings. The van der Waals surface area contributed by atoms with E-state index in [1.165, 1.54) is 45.2 Å². The number of hydrogen-bond donors (Lipinski definition) is 0. The van der Waals surface area contributed by atoms with Gasteiger partial charge in [0.15, 0.2) is 0 Å². The first-order chi connectivity index (χ1) is 11.2. The predicted octanol–water partition coefficient (Wildman–Crippen LogP) is 1.87. The molecule has 2 saturated heterocycles. The zero-order valence-corrected chi connectivity index (χ0v) is 14.3. The van der Waals surface area contributed by atoms with Crippen molar-refractivity contribution in [3.63, 3.8) is 0 Å². The van der Waals surface area contributed by atoms with Gasteiger partial charge in [-0.2, -0.15) is 0 Å². The lowest BCUT2D eigenvalue weighted by atomic mass is 10.1. The van der Waals surface area contributed by atoms with Crippen LogP contribution in [0.3, 0.4) is 0 Å². The zero-order valence-electron chi connectivity index (χ0n) is 14.3. The van der Waals surface area contributed by atoms with Crippen molar-refractivity contribution < 1.29 is 9.59 Å². The molecular weight excluding hydrogens is 290 g/mol. The Morgan fingerprint density at radius 2 is 1.70 bits per heavy atom. The Kier molecular flexibility index (Phi) is 5.92. The number of nitrogens with zero attached hydrogens (tertiary/aromatic N) is 3. The smallest absolute Gasteiger partial charge is 0.242 e. The number of rotatable bonds is 5. The van der Waals surface area contributed by atoms with Gasteiger partial charge >= 0.3 is 0 Å². The van der Waals surface area contributed by atoms with Crippen LogP contribution in [0.2, 0.25) is 0 Å². The van der Waals surface area contributed by atoms with E-state index >= 15 is 0 Å². The maximum Gasteiger partial charge on any atom is 0.242 e. The van der Waals surface area contributed by atoms with Gasteiger partial charge < -0.3 is 14.7 Å². The van der Waals surface area contributed by atoms with Gasteiger partial charge in [0.05, 0.1) is 6.54 Å². The highest BCUT2D eigenvalue weighted by molar-refractivity contribution is 5.86. The Bertz CT molecular complexity index is 414. The van der Waals surface area contributed by atoms with Crippen molar-refractivity contribution in [3.05, 3.63) is 0 Å². The van der Waals surface area contributed by atoms with Gasteiger partial charge in [-0.05, 0) is 51.7 Å². The Balaban J connectivity index is 1.37. The summed E-state index contributed by atoms with van der Waals surface area (Å²) in [5.41, 5.74) is 0. The molecule has 0 aromatic heterocycles. The maximum atomic E-state index is 12.3. The van der Waals surface area contributed by atoms with Crippen LogP contribution in [0.1, 0.15) is 57.8 Å². The highest BCUT2D eigenvalue weighted by atomic mass is 16.2. The minimum atomic E-state index is 0.160. The van der Waals surface area contributed by atoms with Gasteiger partial charge in [-0.1, -0.05) is 19.3 Å². The first kappa shape index (κ1) is 16.7. The van der Waals surface area contributed by atoms with Gasteiger partial charge in [-0.15, -0.1) is 0 Å². The van der Waals surface area contributed by atoms with E-state index in [1.807, 2.05) is 4.90 Å². The van der Waals surface area contributed by atoms with Crippen LogP contribution >= 0.6 is 0 Å². The number of piperazine rings is 1.